The van der Waals surface area contributed by atoms with Crippen LogP contribution in [0, 0.1) is 5.41 Å². The molecule has 2 aliphatic rings. The van der Waals surface area contributed by atoms with Crippen molar-refractivity contribution in [1.82, 2.24) is 0 Å². The van der Waals surface area contributed by atoms with Gasteiger partial charge in [0.1, 0.15) is 18.3 Å². The van der Waals surface area contributed by atoms with Gasteiger partial charge in [0.15, 0.2) is 0 Å². The largest absolute Gasteiger partial charge is 0.466 e. The molecule has 0 radical (unpaired) electrons. The average Bonchev–Trinajstić information content (AvgIpc) is 2.77. The fraction of sp³-hybridized carbons (Fsp3) is 0.692. The predicted molar refractivity (Wildman–Crippen MR) is 71.9 cm³/mol. The summed E-state index contributed by atoms with van der Waals surface area (Å²) >= 11 is -1.92. The van der Waals surface area contributed by atoms with E-state index < -0.39 is 47.0 Å². The lowest BCUT2D eigenvalue weighted by Crippen LogP contribution is -2.43. The van der Waals surface area contributed by atoms with E-state index in [4.69, 9.17) is 13.1 Å². The Morgan fingerprint density at radius 3 is 2.57 bits per heavy atom. The number of rotatable bonds is 2. The zero-order chi connectivity index (χ0) is 15.8. The fourth-order valence-electron chi connectivity index (χ4n) is 2.01. The molecule has 8 heteroatoms. The molecular weight excluding hydrogens is 300 g/mol. The van der Waals surface area contributed by atoms with E-state index in [1.165, 1.54) is 13.2 Å². The van der Waals surface area contributed by atoms with E-state index in [-0.39, 0.29) is 6.42 Å². The van der Waals surface area contributed by atoms with Crippen molar-refractivity contribution in [2.75, 3.05) is 7.11 Å². The van der Waals surface area contributed by atoms with E-state index in [2.05, 4.69) is 4.74 Å². The number of fused-ring (bicyclic) bond motifs is 1. The van der Waals surface area contributed by atoms with Gasteiger partial charge in [-0.1, -0.05) is 0 Å². The topological polar surface area (TPSA) is 88.1 Å². The van der Waals surface area contributed by atoms with Crippen LogP contribution in [0.15, 0.2) is 11.6 Å². The lowest BCUT2D eigenvalue weighted by Gasteiger charge is -2.30. The Morgan fingerprint density at radius 2 is 2.00 bits per heavy atom. The van der Waals surface area contributed by atoms with Crippen molar-refractivity contribution in [2.24, 2.45) is 5.41 Å². The summed E-state index contributed by atoms with van der Waals surface area (Å²) in [7, 11) is 1.26. The summed E-state index contributed by atoms with van der Waals surface area (Å²) in [4.78, 5) is 23.7. The van der Waals surface area contributed by atoms with Gasteiger partial charge in [0, 0.05) is 12.0 Å². The van der Waals surface area contributed by atoms with Gasteiger partial charge in [-0.3, -0.25) is 13.2 Å². The second-order valence-corrected chi connectivity index (χ2v) is 6.70. The molecular formula is C13H18O7S. The summed E-state index contributed by atoms with van der Waals surface area (Å²) in [6.45, 7) is 5.16. The van der Waals surface area contributed by atoms with Crippen LogP contribution in [0.5, 0.6) is 0 Å². The van der Waals surface area contributed by atoms with Crippen molar-refractivity contribution < 1.29 is 31.6 Å². The van der Waals surface area contributed by atoms with Crippen LogP contribution in [0.3, 0.4) is 0 Å². The Bertz CT molecular complexity index is 505. The highest BCUT2D eigenvalue weighted by molar-refractivity contribution is 7.75. The minimum absolute atomic E-state index is 0.135. The van der Waals surface area contributed by atoms with Crippen LogP contribution in [-0.4, -0.2) is 41.6 Å². The third kappa shape index (κ3) is 3.50. The molecule has 0 N–H and O–H groups in total. The second-order valence-electron chi connectivity index (χ2n) is 5.91. The molecule has 0 aromatic rings. The molecule has 1 saturated heterocycles. The average molecular weight is 318 g/mol. The first-order chi connectivity index (χ1) is 9.72. The highest BCUT2D eigenvalue weighted by atomic mass is 32.2. The summed E-state index contributed by atoms with van der Waals surface area (Å²) in [6.07, 6.45) is -0.497. The van der Waals surface area contributed by atoms with Gasteiger partial charge in [0.05, 0.1) is 12.5 Å². The van der Waals surface area contributed by atoms with Crippen LogP contribution in [0.25, 0.3) is 0 Å². The standard InChI is InChI=1S/C13H18O7S/c1-13(2,3)12(15)18-8-5-7(11(14)17-4)6-9-10(8)20-21(16)19-9/h6,8-10H,5H2,1-4H3/t8-,9+,10-,21?/m1/s1. The number of hydrogen-bond acceptors (Lipinski definition) is 7. The maximum Gasteiger partial charge on any atom is 0.333 e. The molecule has 0 spiro atoms. The normalized spacial score (nSPS) is 32.1. The highest BCUT2D eigenvalue weighted by Gasteiger charge is 2.46. The predicted octanol–water partition coefficient (Wildman–Crippen LogP) is 0.810. The van der Waals surface area contributed by atoms with Crippen molar-refractivity contribution in [1.29, 1.82) is 0 Å². The quantitative estimate of drug-likeness (QED) is 0.696. The van der Waals surface area contributed by atoms with Crippen molar-refractivity contribution >= 4 is 23.3 Å². The van der Waals surface area contributed by atoms with Gasteiger partial charge in [-0.15, -0.1) is 0 Å². The number of esters is 2. The van der Waals surface area contributed by atoms with Crippen molar-refractivity contribution in [3.8, 4) is 0 Å². The molecule has 0 aromatic carbocycles. The third-order valence-electron chi connectivity index (χ3n) is 3.17. The molecule has 1 heterocycles. The smallest absolute Gasteiger partial charge is 0.333 e. The van der Waals surface area contributed by atoms with E-state index in [1.54, 1.807) is 20.8 Å². The molecule has 0 bridgehead atoms. The highest BCUT2D eigenvalue weighted by Crippen LogP contribution is 2.33. The van der Waals surface area contributed by atoms with E-state index in [0.717, 1.165) is 0 Å². The number of carbonyl (C=O) groups is 2. The molecule has 2 rings (SSSR count). The number of hydrogen-bond donors (Lipinski definition) is 0. The van der Waals surface area contributed by atoms with Crippen molar-refractivity contribution in [2.45, 2.75) is 45.5 Å². The van der Waals surface area contributed by atoms with Crippen LogP contribution >= 0.6 is 0 Å². The van der Waals surface area contributed by atoms with Gasteiger partial charge in [-0.05, 0) is 26.8 Å². The van der Waals surface area contributed by atoms with Gasteiger partial charge < -0.3 is 9.47 Å². The van der Waals surface area contributed by atoms with Gasteiger partial charge in [0.25, 0.3) is 0 Å². The Kier molecular flexibility index (Phi) is 4.50. The van der Waals surface area contributed by atoms with E-state index in [9.17, 15) is 13.8 Å². The summed E-state index contributed by atoms with van der Waals surface area (Å²) in [5.41, 5.74) is -0.381. The fourth-order valence-corrected chi connectivity index (χ4v) is 2.82. The minimum Gasteiger partial charge on any atom is -0.466 e. The molecule has 4 atom stereocenters. The van der Waals surface area contributed by atoms with Crippen LogP contribution in [0.1, 0.15) is 27.2 Å². The molecule has 0 saturated carbocycles. The summed E-state index contributed by atoms with van der Waals surface area (Å²) in [5.74, 6) is -0.967. The lowest BCUT2D eigenvalue weighted by molar-refractivity contribution is -0.164. The lowest BCUT2D eigenvalue weighted by atomic mass is 9.91. The molecule has 1 fully saturated rings. The minimum atomic E-state index is -1.92. The molecule has 1 aliphatic carbocycles. The molecule has 0 amide bonds. The van der Waals surface area contributed by atoms with Crippen LogP contribution < -0.4 is 0 Å². The van der Waals surface area contributed by atoms with Crippen LogP contribution in [0.4, 0.5) is 0 Å². The van der Waals surface area contributed by atoms with Crippen LogP contribution in [0.2, 0.25) is 0 Å². The molecule has 1 aliphatic heterocycles. The second kappa shape index (κ2) is 5.86. The molecule has 1 unspecified atom stereocenters. The van der Waals surface area contributed by atoms with Gasteiger partial charge in [0.2, 0.25) is 0 Å². The number of ether oxygens (including phenoxy) is 2. The number of carbonyl (C=O) groups excluding carboxylic acids is 2. The third-order valence-corrected chi connectivity index (χ3v) is 3.93. The molecule has 0 aromatic heterocycles. The summed E-state index contributed by atoms with van der Waals surface area (Å²) < 4.78 is 31.6. The Morgan fingerprint density at radius 1 is 1.33 bits per heavy atom. The van der Waals surface area contributed by atoms with Gasteiger partial charge in [-0.2, -0.15) is 4.21 Å². The van der Waals surface area contributed by atoms with E-state index in [0.29, 0.717) is 5.57 Å². The maximum atomic E-state index is 12.0. The van der Waals surface area contributed by atoms with Gasteiger partial charge >= 0.3 is 23.3 Å². The number of methoxy groups -OCH3 is 1. The van der Waals surface area contributed by atoms with Crippen molar-refractivity contribution in [3.63, 3.8) is 0 Å². The van der Waals surface area contributed by atoms with Crippen LogP contribution in [-0.2, 0) is 38.8 Å². The molecule has 21 heavy (non-hydrogen) atoms. The molecule has 118 valence electrons. The van der Waals surface area contributed by atoms with Gasteiger partial charge in [-0.25, -0.2) is 4.79 Å². The maximum absolute atomic E-state index is 12.0. The summed E-state index contributed by atoms with van der Waals surface area (Å²) in [5, 5.41) is 0. The van der Waals surface area contributed by atoms with E-state index >= 15 is 0 Å². The zero-order valence-electron chi connectivity index (χ0n) is 12.3. The zero-order valence-corrected chi connectivity index (χ0v) is 13.1. The Hall–Kier alpha value is -1.25. The Labute approximate surface area is 125 Å². The summed E-state index contributed by atoms with van der Waals surface area (Å²) in [6, 6.07) is 0. The molecule has 7 nitrogen and oxygen atoms in total. The van der Waals surface area contributed by atoms with Crippen molar-refractivity contribution in [3.05, 3.63) is 11.6 Å². The first-order valence-electron chi connectivity index (χ1n) is 6.48. The van der Waals surface area contributed by atoms with E-state index in [1.807, 2.05) is 0 Å². The Balaban J connectivity index is 2.20. The first kappa shape index (κ1) is 16.1. The SMILES string of the molecule is COC(=O)C1=C[C@@H]2OS(=O)O[C@@H]2[C@H](OC(=O)C(C)(C)C)C1. The monoisotopic (exact) mass is 318 g/mol. The first-order valence-corrected chi connectivity index (χ1v) is 7.48.